The second kappa shape index (κ2) is 6.41. The van der Waals surface area contributed by atoms with Crippen LogP contribution < -0.4 is 5.32 Å². The van der Waals surface area contributed by atoms with Crippen molar-refractivity contribution in [3.05, 3.63) is 29.3 Å². The number of aromatic nitrogens is 1. The highest BCUT2D eigenvalue weighted by Gasteiger charge is 2.06. The van der Waals surface area contributed by atoms with E-state index in [2.05, 4.69) is 16.4 Å². The topological polar surface area (TPSA) is 42.0 Å². The third-order valence-corrected chi connectivity index (χ3v) is 5.31. The average Bonchev–Trinajstić information content (AvgIpc) is 2.76. The molecule has 0 bridgehead atoms. The van der Waals surface area contributed by atoms with Crippen LogP contribution in [0.5, 0.6) is 0 Å². The Morgan fingerprint density at radius 1 is 1.44 bits per heavy atom. The van der Waals surface area contributed by atoms with Crippen molar-refractivity contribution in [1.29, 1.82) is 0 Å². The zero-order chi connectivity index (χ0) is 13.0. The van der Waals surface area contributed by atoms with Crippen molar-refractivity contribution in [1.82, 2.24) is 10.3 Å². The van der Waals surface area contributed by atoms with Gasteiger partial charge >= 0.3 is 0 Å². The minimum absolute atomic E-state index is 0.257. The maximum absolute atomic E-state index is 11.2. The van der Waals surface area contributed by atoms with Gasteiger partial charge in [-0.2, -0.15) is 0 Å². The molecule has 1 aromatic carbocycles. The van der Waals surface area contributed by atoms with E-state index in [-0.39, 0.29) is 5.25 Å². The first-order chi connectivity index (χ1) is 8.66. The third kappa shape index (κ3) is 3.60. The molecule has 0 aliphatic carbocycles. The highest BCUT2D eigenvalue weighted by atomic mass is 32.2. The molecule has 0 amide bonds. The van der Waals surface area contributed by atoms with E-state index in [1.807, 2.05) is 25.1 Å². The molecule has 1 N–H and O–H groups in total. The van der Waals surface area contributed by atoms with E-state index in [0.29, 0.717) is 0 Å². The molecule has 0 saturated carbocycles. The molecule has 2 rings (SSSR count). The summed E-state index contributed by atoms with van der Waals surface area (Å²) in [5, 5.41) is 4.73. The van der Waals surface area contributed by atoms with Gasteiger partial charge < -0.3 is 5.32 Å². The van der Waals surface area contributed by atoms with E-state index < -0.39 is 10.8 Å². The molecule has 1 heterocycles. The van der Waals surface area contributed by atoms with E-state index in [4.69, 9.17) is 0 Å². The minimum Gasteiger partial charge on any atom is -0.310 e. The van der Waals surface area contributed by atoms with Crippen LogP contribution >= 0.6 is 11.3 Å². The fourth-order valence-corrected chi connectivity index (χ4v) is 3.05. The summed E-state index contributed by atoms with van der Waals surface area (Å²) in [6, 6.07) is 8.18. The predicted molar refractivity (Wildman–Crippen MR) is 79.5 cm³/mol. The van der Waals surface area contributed by atoms with Gasteiger partial charge in [0, 0.05) is 28.9 Å². The van der Waals surface area contributed by atoms with Gasteiger partial charge in [0.05, 0.1) is 10.2 Å². The van der Waals surface area contributed by atoms with Gasteiger partial charge in [0.1, 0.15) is 5.01 Å². The van der Waals surface area contributed by atoms with Crippen LogP contribution in [0.1, 0.15) is 18.4 Å². The summed E-state index contributed by atoms with van der Waals surface area (Å²) >= 11 is 1.73. The predicted octanol–water partition coefficient (Wildman–Crippen LogP) is 2.54. The fourth-order valence-electron chi connectivity index (χ4n) is 1.66. The lowest BCUT2D eigenvalue weighted by Gasteiger charge is -2.07. The van der Waals surface area contributed by atoms with Gasteiger partial charge in [-0.15, -0.1) is 11.3 Å². The Morgan fingerprint density at radius 3 is 2.94 bits per heavy atom. The molecule has 0 spiro atoms. The second-order valence-corrected chi connectivity index (χ2v) is 7.27. The maximum Gasteiger partial charge on any atom is 0.108 e. The third-order valence-electron chi connectivity index (χ3n) is 2.91. The summed E-state index contributed by atoms with van der Waals surface area (Å²) in [6.07, 6.45) is 2.70. The molecule has 0 fully saturated rings. The Kier molecular flexibility index (Phi) is 4.86. The molecule has 18 heavy (non-hydrogen) atoms. The molecule has 0 saturated heterocycles. The summed E-state index contributed by atoms with van der Waals surface area (Å²) in [6.45, 7) is 3.70. The van der Waals surface area contributed by atoms with Crippen molar-refractivity contribution >= 4 is 32.4 Å². The second-order valence-electron chi connectivity index (χ2n) is 4.35. The molecule has 2 unspecified atom stereocenters. The number of benzene rings is 1. The molecule has 1 aromatic heterocycles. The molecule has 2 atom stereocenters. The van der Waals surface area contributed by atoms with E-state index in [1.54, 1.807) is 17.6 Å². The number of para-hydroxylation sites is 1. The largest absolute Gasteiger partial charge is 0.310 e. The van der Waals surface area contributed by atoms with Gasteiger partial charge in [-0.25, -0.2) is 4.98 Å². The van der Waals surface area contributed by atoms with Gasteiger partial charge in [0.15, 0.2) is 0 Å². The molecule has 0 aliphatic heterocycles. The smallest absolute Gasteiger partial charge is 0.108 e. The lowest BCUT2D eigenvalue weighted by molar-refractivity contribution is 0.628. The highest BCUT2D eigenvalue weighted by Crippen LogP contribution is 2.21. The van der Waals surface area contributed by atoms with Gasteiger partial charge in [-0.1, -0.05) is 19.1 Å². The summed E-state index contributed by atoms with van der Waals surface area (Å²) in [7, 11) is -0.724. The molecule has 2 aromatic rings. The van der Waals surface area contributed by atoms with Crippen LogP contribution in [-0.2, 0) is 17.3 Å². The van der Waals surface area contributed by atoms with Crippen LogP contribution in [0, 0.1) is 0 Å². The van der Waals surface area contributed by atoms with Crippen LogP contribution in [0.4, 0.5) is 0 Å². The van der Waals surface area contributed by atoms with Gasteiger partial charge in [-0.3, -0.25) is 4.21 Å². The van der Waals surface area contributed by atoms with Crippen molar-refractivity contribution in [3.63, 3.8) is 0 Å². The van der Waals surface area contributed by atoms with Gasteiger partial charge in [0.2, 0.25) is 0 Å². The SMILES string of the molecule is CC(CCNCc1nc2ccccc2s1)S(C)=O. The van der Waals surface area contributed by atoms with E-state index in [1.165, 1.54) is 4.70 Å². The number of fused-ring (bicyclic) bond motifs is 1. The molecule has 98 valence electrons. The van der Waals surface area contributed by atoms with Crippen LogP contribution in [0.2, 0.25) is 0 Å². The zero-order valence-electron chi connectivity index (χ0n) is 10.7. The van der Waals surface area contributed by atoms with Crippen molar-refractivity contribution in [3.8, 4) is 0 Å². The zero-order valence-corrected chi connectivity index (χ0v) is 12.3. The Labute approximate surface area is 114 Å². The van der Waals surface area contributed by atoms with Crippen molar-refractivity contribution < 1.29 is 4.21 Å². The number of hydrogen-bond donors (Lipinski definition) is 1. The summed E-state index contributed by atoms with van der Waals surface area (Å²) in [5.74, 6) is 0. The molecule has 0 radical (unpaired) electrons. The monoisotopic (exact) mass is 282 g/mol. The number of thiazole rings is 1. The van der Waals surface area contributed by atoms with E-state index in [9.17, 15) is 4.21 Å². The summed E-state index contributed by atoms with van der Waals surface area (Å²) in [4.78, 5) is 4.56. The molecular formula is C13H18N2OS2. The Hall–Kier alpha value is -0.780. The van der Waals surface area contributed by atoms with Gasteiger partial charge in [-0.05, 0) is 25.1 Å². The van der Waals surface area contributed by atoms with E-state index >= 15 is 0 Å². The average molecular weight is 282 g/mol. The van der Waals surface area contributed by atoms with Gasteiger partial charge in [0.25, 0.3) is 0 Å². The molecule has 3 nitrogen and oxygen atoms in total. The van der Waals surface area contributed by atoms with Crippen LogP contribution in [0.3, 0.4) is 0 Å². The van der Waals surface area contributed by atoms with Crippen molar-refractivity contribution in [2.45, 2.75) is 25.1 Å². The molecule has 5 heteroatoms. The summed E-state index contributed by atoms with van der Waals surface area (Å²) < 4.78 is 12.4. The number of rotatable bonds is 6. The lowest BCUT2D eigenvalue weighted by Crippen LogP contribution is -2.20. The number of hydrogen-bond acceptors (Lipinski definition) is 4. The fraction of sp³-hybridized carbons (Fsp3) is 0.462. The number of nitrogens with one attached hydrogen (secondary N) is 1. The van der Waals surface area contributed by atoms with Crippen molar-refractivity contribution in [2.24, 2.45) is 0 Å². The van der Waals surface area contributed by atoms with Crippen LogP contribution in [0.25, 0.3) is 10.2 Å². The normalized spacial score (nSPS) is 14.8. The lowest BCUT2D eigenvalue weighted by atomic mass is 10.3. The maximum atomic E-state index is 11.2. The Bertz CT molecular complexity index is 506. The Morgan fingerprint density at radius 2 is 2.22 bits per heavy atom. The number of nitrogens with zero attached hydrogens (tertiary/aromatic N) is 1. The minimum atomic E-state index is -0.724. The quantitative estimate of drug-likeness (QED) is 0.828. The summed E-state index contributed by atoms with van der Waals surface area (Å²) in [5.41, 5.74) is 1.07. The first-order valence-corrected chi connectivity index (χ1v) is 8.48. The van der Waals surface area contributed by atoms with Crippen LogP contribution in [-0.4, -0.2) is 27.2 Å². The highest BCUT2D eigenvalue weighted by molar-refractivity contribution is 7.84. The van der Waals surface area contributed by atoms with E-state index in [0.717, 1.165) is 30.0 Å². The van der Waals surface area contributed by atoms with Crippen molar-refractivity contribution in [2.75, 3.05) is 12.8 Å². The van der Waals surface area contributed by atoms with Crippen LogP contribution in [0.15, 0.2) is 24.3 Å². The Balaban J connectivity index is 1.81. The first kappa shape index (κ1) is 13.6. The molecule has 0 aliphatic rings. The molecular weight excluding hydrogens is 264 g/mol. The standard InChI is InChI=1S/C13H18N2OS2/c1-10(18(2)16)7-8-14-9-13-15-11-5-3-4-6-12(11)17-13/h3-6,10,14H,7-9H2,1-2H3. The first-order valence-electron chi connectivity index (χ1n) is 6.04.